The van der Waals surface area contributed by atoms with Crippen molar-refractivity contribution in [1.29, 1.82) is 0 Å². The maximum Gasteiger partial charge on any atom is 0.126 e. The molecule has 0 aliphatic heterocycles. The second-order valence-corrected chi connectivity index (χ2v) is 7.65. The first-order chi connectivity index (χ1) is 10.2. The molecule has 1 unspecified atom stereocenters. The van der Waals surface area contributed by atoms with E-state index in [1.54, 1.807) is 0 Å². The standard InChI is InChI=1S/C17H26O2S.I2/c1-8-15-13(4)11(2)12(3)14(5)16(15)20(19)10-17(6,7)9-18;1-2/h9H,8,10H2,1-7H3;. The molecule has 0 saturated carbocycles. The van der Waals surface area contributed by atoms with Gasteiger partial charge in [0.25, 0.3) is 0 Å². The summed E-state index contributed by atoms with van der Waals surface area (Å²) in [6.45, 7) is 14.1. The molecule has 0 heterocycles. The predicted molar refractivity (Wildman–Crippen MR) is 114 cm³/mol. The highest BCUT2D eigenvalue weighted by Crippen LogP contribution is 2.31. The lowest BCUT2D eigenvalue weighted by Crippen LogP contribution is -2.23. The average molecular weight is 548 g/mol. The topological polar surface area (TPSA) is 34.1 Å². The molecule has 0 amide bonds. The largest absolute Gasteiger partial charge is 0.303 e. The third-order valence-corrected chi connectivity index (χ3v) is 6.17. The summed E-state index contributed by atoms with van der Waals surface area (Å²) >= 11 is 4.24. The van der Waals surface area contributed by atoms with Crippen LogP contribution in [0.25, 0.3) is 0 Å². The minimum absolute atomic E-state index is 0.381. The van der Waals surface area contributed by atoms with Crippen LogP contribution in [-0.2, 0) is 22.0 Å². The zero-order valence-corrected chi connectivity index (χ0v) is 19.6. The second kappa shape index (κ2) is 9.71. The van der Waals surface area contributed by atoms with Crippen LogP contribution in [0.5, 0.6) is 0 Å². The van der Waals surface area contributed by atoms with Crippen LogP contribution in [0.4, 0.5) is 0 Å². The van der Waals surface area contributed by atoms with Gasteiger partial charge in [-0.3, -0.25) is 4.21 Å². The van der Waals surface area contributed by atoms with Gasteiger partial charge in [-0.25, -0.2) is 0 Å². The quantitative estimate of drug-likeness (QED) is 0.356. The van der Waals surface area contributed by atoms with E-state index in [0.29, 0.717) is 5.75 Å². The minimum atomic E-state index is -1.14. The Hall–Kier alpha value is 0.500. The van der Waals surface area contributed by atoms with Gasteiger partial charge in [-0.15, -0.1) is 0 Å². The van der Waals surface area contributed by atoms with Gasteiger partial charge in [-0.05, 0) is 61.9 Å². The van der Waals surface area contributed by atoms with Crippen LogP contribution in [0, 0.1) is 33.1 Å². The number of halogens is 2. The van der Waals surface area contributed by atoms with Gasteiger partial charge in [-0.2, -0.15) is 0 Å². The van der Waals surface area contributed by atoms with Crippen molar-refractivity contribution in [2.45, 2.75) is 59.8 Å². The molecule has 0 N–H and O–H groups in total. The van der Waals surface area contributed by atoms with E-state index in [-0.39, 0.29) is 0 Å². The van der Waals surface area contributed by atoms with Crippen molar-refractivity contribution in [3.63, 3.8) is 0 Å². The molecule has 2 nitrogen and oxygen atoms in total. The van der Waals surface area contributed by atoms with Gasteiger partial charge in [-0.1, -0.05) is 20.8 Å². The Balaban J connectivity index is 0.00000211. The van der Waals surface area contributed by atoms with Crippen LogP contribution in [0.3, 0.4) is 0 Å². The Morgan fingerprint density at radius 1 is 1.00 bits per heavy atom. The molecule has 22 heavy (non-hydrogen) atoms. The van der Waals surface area contributed by atoms with E-state index in [2.05, 4.69) is 64.9 Å². The molecular formula is C17H26I2O2S. The Kier molecular flexibility index (Phi) is 9.93. The predicted octanol–water partition coefficient (Wildman–Crippen LogP) is 5.59. The molecule has 5 heteroatoms. The number of hydrogen-bond donors (Lipinski definition) is 0. The van der Waals surface area contributed by atoms with Crippen molar-refractivity contribution >= 4 is 54.3 Å². The fraction of sp³-hybridized carbons (Fsp3) is 0.588. The summed E-state index contributed by atoms with van der Waals surface area (Å²) in [7, 11) is -1.14. The molecule has 0 bridgehead atoms. The molecule has 0 aliphatic carbocycles. The maximum absolute atomic E-state index is 12.8. The molecule has 1 rings (SSSR count). The third-order valence-electron chi connectivity index (χ3n) is 4.16. The average Bonchev–Trinajstić information content (AvgIpc) is 2.49. The minimum Gasteiger partial charge on any atom is -0.303 e. The molecule has 0 aliphatic rings. The van der Waals surface area contributed by atoms with Crippen molar-refractivity contribution in [3.8, 4) is 0 Å². The number of aldehydes is 1. The van der Waals surface area contributed by atoms with E-state index in [9.17, 15) is 9.00 Å². The highest BCUT2D eigenvalue weighted by atomic mass is 128. The first-order valence-electron chi connectivity index (χ1n) is 7.24. The number of benzene rings is 1. The van der Waals surface area contributed by atoms with E-state index in [1.807, 2.05) is 20.8 Å². The Morgan fingerprint density at radius 3 is 1.86 bits per heavy atom. The van der Waals surface area contributed by atoms with Crippen LogP contribution < -0.4 is 0 Å². The van der Waals surface area contributed by atoms with Crippen LogP contribution in [-0.4, -0.2) is 16.2 Å². The summed E-state index contributed by atoms with van der Waals surface area (Å²) in [4.78, 5) is 12.0. The summed E-state index contributed by atoms with van der Waals surface area (Å²) in [6.07, 6.45) is 1.77. The second-order valence-electron chi connectivity index (χ2n) is 6.26. The highest BCUT2D eigenvalue weighted by Gasteiger charge is 2.25. The van der Waals surface area contributed by atoms with E-state index >= 15 is 0 Å². The molecule has 0 fully saturated rings. The van der Waals surface area contributed by atoms with E-state index < -0.39 is 16.2 Å². The van der Waals surface area contributed by atoms with Gasteiger partial charge in [0.1, 0.15) is 6.29 Å². The summed E-state index contributed by atoms with van der Waals surface area (Å²) in [6, 6.07) is 0. The Bertz CT molecular complexity index is 567. The molecule has 0 spiro atoms. The SMILES string of the molecule is CCc1c(C)c(C)c(C)c(C)c1S(=O)CC(C)(C)C=O.II. The molecule has 0 radical (unpaired) electrons. The molecule has 1 aromatic carbocycles. The van der Waals surface area contributed by atoms with Crippen LogP contribution in [0.2, 0.25) is 0 Å². The molecule has 1 aromatic rings. The van der Waals surface area contributed by atoms with Crippen LogP contribution >= 0.6 is 37.2 Å². The van der Waals surface area contributed by atoms with Gasteiger partial charge >= 0.3 is 0 Å². The lowest BCUT2D eigenvalue weighted by atomic mass is 9.93. The van der Waals surface area contributed by atoms with E-state index in [0.717, 1.165) is 23.2 Å². The smallest absolute Gasteiger partial charge is 0.126 e. The lowest BCUT2D eigenvalue weighted by molar-refractivity contribution is -0.113. The van der Waals surface area contributed by atoms with Crippen LogP contribution in [0.15, 0.2) is 4.90 Å². The van der Waals surface area contributed by atoms with Gasteiger partial charge in [0.05, 0.1) is 10.8 Å². The summed E-state index contributed by atoms with van der Waals surface area (Å²) in [5, 5.41) is 0. The summed E-state index contributed by atoms with van der Waals surface area (Å²) in [5.74, 6) is 0.381. The van der Waals surface area contributed by atoms with Gasteiger partial charge in [0.15, 0.2) is 0 Å². The lowest BCUT2D eigenvalue weighted by Gasteiger charge is -2.22. The molecule has 0 aromatic heterocycles. The number of carbonyl (C=O) groups is 1. The summed E-state index contributed by atoms with van der Waals surface area (Å²) < 4.78 is 12.8. The van der Waals surface area contributed by atoms with Crippen molar-refractivity contribution in [1.82, 2.24) is 0 Å². The monoisotopic (exact) mass is 548 g/mol. The van der Waals surface area contributed by atoms with Crippen molar-refractivity contribution in [2.24, 2.45) is 5.41 Å². The Morgan fingerprint density at radius 2 is 1.45 bits per heavy atom. The first-order valence-corrected chi connectivity index (χ1v) is 14.8. The zero-order valence-electron chi connectivity index (χ0n) is 14.5. The molecule has 1 atom stereocenters. The number of hydrogen-bond acceptors (Lipinski definition) is 2. The van der Waals surface area contributed by atoms with Crippen molar-refractivity contribution < 1.29 is 9.00 Å². The van der Waals surface area contributed by atoms with E-state index in [4.69, 9.17) is 0 Å². The fourth-order valence-corrected chi connectivity index (χ4v) is 4.49. The number of rotatable bonds is 5. The number of carbonyl (C=O) groups excluding carboxylic acids is 1. The molecular weight excluding hydrogens is 522 g/mol. The Labute approximate surface area is 161 Å². The normalized spacial score (nSPS) is 12.4. The summed E-state index contributed by atoms with van der Waals surface area (Å²) in [5.41, 5.74) is 5.50. The fourth-order valence-electron chi connectivity index (χ4n) is 2.53. The van der Waals surface area contributed by atoms with E-state index in [1.165, 1.54) is 22.3 Å². The van der Waals surface area contributed by atoms with Gasteiger partial charge < -0.3 is 4.79 Å². The van der Waals surface area contributed by atoms with Crippen LogP contribution in [0.1, 0.15) is 48.6 Å². The first kappa shape index (κ1) is 22.5. The molecule has 126 valence electrons. The van der Waals surface area contributed by atoms with Gasteiger partial charge in [0, 0.05) is 53.3 Å². The van der Waals surface area contributed by atoms with Crippen molar-refractivity contribution in [3.05, 3.63) is 27.8 Å². The third kappa shape index (κ3) is 5.26. The zero-order chi connectivity index (χ0) is 17.7. The highest BCUT2D eigenvalue weighted by molar-refractivity contribution is 15.0. The van der Waals surface area contributed by atoms with Crippen molar-refractivity contribution in [2.75, 3.05) is 5.75 Å². The molecule has 0 saturated heterocycles. The maximum atomic E-state index is 12.8. The van der Waals surface area contributed by atoms with Gasteiger partial charge in [0.2, 0.25) is 0 Å².